The Morgan fingerprint density at radius 2 is 1.76 bits per heavy atom. The van der Waals surface area contributed by atoms with Crippen molar-refractivity contribution in [3.8, 4) is 0 Å². The first-order valence-electron chi connectivity index (χ1n) is 8.09. The molecule has 5 heteroatoms. The molecule has 0 saturated heterocycles. The van der Waals surface area contributed by atoms with Crippen LogP contribution in [0.5, 0.6) is 0 Å². The molecule has 0 spiro atoms. The lowest BCUT2D eigenvalue weighted by atomic mass is 10.0. The van der Waals surface area contributed by atoms with Crippen LogP contribution in [-0.4, -0.2) is 16.4 Å². The third-order valence-corrected chi connectivity index (χ3v) is 4.19. The summed E-state index contributed by atoms with van der Waals surface area (Å²) in [6.07, 6.45) is 1.45. The van der Waals surface area contributed by atoms with Crippen LogP contribution >= 0.6 is 0 Å². The molecule has 0 unspecified atom stereocenters. The van der Waals surface area contributed by atoms with E-state index in [0.29, 0.717) is 28.1 Å². The van der Waals surface area contributed by atoms with Crippen LogP contribution < -0.4 is 5.32 Å². The van der Waals surface area contributed by atoms with E-state index in [2.05, 4.69) is 19.2 Å². The molecule has 0 radical (unpaired) electrons. The number of amides is 1. The Morgan fingerprint density at radius 3 is 2.36 bits per heavy atom. The molecule has 1 heterocycles. The van der Waals surface area contributed by atoms with Crippen molar-refractivity contribution in [2.24, 2.45) is 0 Å². The van der Waals surface area contributed by atoms with E-state index < -0.39 is 5.82 Å². The predicted molar refractivity (Wildman–Crippen MR) is 96.7 cm³/mol. The average Bonchev–Trinajstić information content (AvgIpc) is 2.94. The molecule has 2 aromatic carbocycles. The molecule has 1 aromatic heterocycles. The Kier molecular flexibility index (Phi) is 4.40. The zero-order valence-corrected chi connectivity index (χ0v) is 14.3. The van der Waals surface area contributed by atoms with Crippen LogP contribution in [0.1, 0.15) is 47.4 Å². The van der Waals surface area contributed by atoms with E-state index in [9.17, 15) is 14.0 Å². The highest BCUT2D eigenvalue weighted by atomic mass is 19.1. The summed E-state index contributed by atoms with van der Waals surface area (Å²) in [6, 6.07) is 11.7. The number of anilines is 1. The van der Waals surface area contributed by atoms with E-state index in [4.69, 9.17) is 0 Å². The summed E-state index contributed by atoms with van der Waals surface area (Å²) >= 11 is 0. The number of hydrogen-bond donors (Lipinski definition) is 1. The summed E-state index contributed by atoms with van der Waals surface area (Å²) in [7, 11) is 0. The Hall–Kier alpha value is -2.95. The van der Waals surface area contributed by atoms with Gasteiger partial charge in [0.2, 0.25) is 5.91 Å². The summed E-state index contributed by atoms with van der Waals surface area (Å²) < 4.78 is 14.8. The molecule has 1 N–H and O–H groups in total. The van der Waals surface area contributed by atoms with Gasteiger partial charge < -0.3 is 5.32 Å². The van der Waals surface area contributed by atoms with Crippen molar-refractivity contribution in [3.63, 3.8) is 0 Å². The molecule has 0 aliphatic rings. The molecule has 4 nitrogen and oxygen atoms in total. The summed E-state index contributed by atoms with van der Waals surface area (Å²) in [5, 5.41) is 3.36. The van der Waals surface area contributed by atoms with Gasteiger partial charge in [-0.3, -0.25) is 14.2 Å². The molecular weight excluding hydrogens is 319 g/mol. The maximum Gasteiger partial charge on any atom is 0.257 e. The monoisotopic (exact) mass is 338 g/mol. The van der Waals surface area contributed by atoms with E-state index in [0.717, 1.165) is 0 Å². The summed E-state index contributed by atoms with van der Waals surface area (Å²) in [5.41, 5.74) is 2.56. The topological polar surface area (TPSA) is 51.1 Å². The second kappa shape index (κ2) is 6.51. The summed E-state index contributed by atoms with van der Waals surface area (Å²) in [6.45, 7) is 5.57. The molecule has 0 bridgehead atoms. The van der Waals surface area contributed by atoms with Crippen LogP contribution in [0.4, 0.5) is 10.1 Å². The normalized spacial score (nSPS) is 11.1. The molecule has 1 amide bonds. The van der Waals surface area contributed by atoms with Gasteiger partial charge in [0.15, 0.2) is 0 Å². The van der Waals surface area contributed by atoms with Crippen LogP contribution in [0.2, 0.25) is 0 Å². The van der Waals surface area contributed by atoms with Crippen LogP contribution in [0.3, 0.4) is 0 Å². The molecule has 25 heavy (non-hydrogen) atoms. The van der Waals surface area contributed by atoms with Crippen molar-refractivity contribution in [1.82, 2.24) is 4.57 Å². The van der Waals surface area contributed by atoms with Gasteiger partial charge in [-0.1, -0.05) is 26.0 Å². The standard InChI is InChI=1S/C20H19FN2O2/c1-12(2)14-4-7-16(8-5-14)22-20(25)18-11-23(13(3)24)19-10-15(21)6-9-17(18)19/h4-12H,1-3H3,(H,22,25). The molecule has 128 valence electrons. The Bertz CT molecular complexity index is 956. The number of benzene rings is 2. The number of halogens is 1. The van der Waals surface area contributed by atoms with Crippen molar-refractivity contribution < 1.29 is 14.0 Å². The van der Waals surface area contributed by atoms with E-state index in [1.165, 1.54) is 41.5 Å². The molecule has 3 aromatic rings. The molecule has 0 atom stereocenters. The minimum atomic E-state index is -0.454. The van der Waals surface area contributed by atoms with Gasteiger partial charge in [0, 0.05) is 24.2 Å². The van der Waals surface area contributed by atoms with E-state index in [1.54, 1.807) is 0 Å². The van der Waals surface area contributed by atoms with Crippen molar-refractivity contribution in [2.75, 3.05) is 5.32 Å². The number of rotatable bonds is 3. The van der Waals surface area contributed by atoms with Crippen molar-refractivity contribution in [3.05, 3.63) is 65.6 Å². The SMILES string of the molecule is CC(=O)n1cc(C(=O)Nc2ccc(C(C)C)cc2)c2ccc(F)cc21. The first kappa shape index (κ1) is 16.9. The average molecular weight is 338 g/mol. The van der Waals surface area contributed by atoms with Crippen LogP contribution in [0.25, 0.3) is 10.9 Å². The maximum atomic E-state index is 13.5. The van der Waals surface area contributed by atoms with Crippen LogP contribution in [0.15, 0.2) is 48.7 Å². The highest BCUT2D eigenvalue weighted by molar-refractivity contribution is 6.14. The number of carbonyl (C=O) groups excluding carboxylic acids is 2. The second-order valence-corrected chi connectivity index (χ2v) is 6.32. The Balaban J connectivity index is 1.95. The first-order valence-corrected chi connectivity index (χ1v) is 8.09. The Labute approximate surface area is 145 Å². The molecule has 0 saturated carbocycles. The highest BCUT2D eigenvalue weighted by Gasteiger charge is 2.17. The van der Waals surface area contributed by atoms with Crippen molar-refractivity contribution >= 4 is 28.4 Å². The smallest absolute Gasteiger partial charge is 0.257 e. The van der Waals surface area contributed by atoms with Gasteiger partial charge in [0.1, 0.15) is 5.82 Å². The number of nitrogens with zero attached hydrogens (tertiary/aromatic N) is 1. The molecule has 0 aliphatic carbocycles. The highest BCUT2D eigenvalue weighted by Crippen LogP contribution is 2.24. The zero-order chi connectivity index (χ0) is 18.1. The zero-order valence-electron chi connectivity index (χ0n) is 14.3. The quantitative estimate of drug-likeness (QED) is 0.744. The third-order valence-electron chi connectivity index (χ3n) is 4.19. The number of nitrogens with one attached hydrogen (secondary N) is 1. The number of hydrogen-bond acceptors (Lipinski definition) is 2. The molecule has 0 aliphatic heterocycles. The lowest BCUT2D eigenvalue weighted by molar-refractivity contribution is 0.0941. The maximum absolute atomic E-state index is 13.5. The Morgan fingerprint density at radius 1 is 1.08 bits per heavy atom. The summed E-state index contributed by atoms with van der Waals surface area (Å²) in [5.74, 6) is -0.664. The van der Waals surface area contributed by atoms with Crippen LogP contribution in [-0.2, 0) is 0 Å². The van der Waals surface area contributed by atoms with Crippen molar-refractivity contribution in [2.45, 2.75) is 26.7 Å². The van der Waals surface area contributed by atoms with Gasteiger partial charge in [-0.2, -0.15) is 0 Å². The van der Waals surface area contributed by atoms with Gasteiger partial charge in [0.25, 0.3) is 5.91 Å². The fourth-order valence-corrected chi connectivity index (χ4v) is 2.79. The minimum Gasteiger partial charge on any atom is -0.322 e. The van der Waals surface area contributed by atoms with Crippen LogP contribution in [0, 0.1) is 5.82 Å². The lowest BCUT2D eigenvalue weighted by Crippen LogP contribution is -2.12. The van der Waals surface area contributed by atoms with Gasteiger partial charge in [0.05, 0.1) is 11.1 Å². The van der Waals surface area contributed by atoms with Gasteiger partial charge in [-0.15, -0.1) is 0 Å². The van der Waals surface area contributed by atoms with E-state index in [-0.39, 0.29) is 11.8 Å². The molecule has 3 rings (SSSR count). The lowest BCUT2D eigenvalue weighted by Gasteiger charge is -2.08. The minimum absolute atomic E-state index is 0.282. The fraction of sp³-hybridized carbons (Fsp3) is 0.200. The second-order valence-electron chi connectivity index (χ2n) is 6.32. The number of carbonyl (C=O) groups is 2. The first-order chi connectivity index (χ1) is 11.9. The van der Waals surface area contributed by atoms with E-state index in [1.807, 2.05) is 24.3 Å². The fourth-order valence-electron chi connectivity index (χ4n) is 2.79. The van der Waals surface area contributed by atoms with Gasteiger partial charge >= 0.3 is 0 Å². The van der Waals surface area contributed by atoms with Gasteiger partial charge in [-0.25, -0.2) is 4.39 Å². The van der Waals surface area contributed by atoms with E-state index >= 15 is 0 Å². The summed E-state index contributed by atoms with van der Waals surface area (Å²) in [4.78, 5) is 24.4. The molecule has 0 fully saturated rings. The molecular formula is C20H19FN2O2. The van der Waals surface area contributed by atoms with Crippen molar-refractivity contribution in [1.29, 1.82) is 0 Å². The number of aromatic nitrogens is 1. The third kappa shape index (κ3) is 3.31. The van der Waals surface area contributed by atoms with Gasteiger partial charge in [-0.05, 0) is 41.8 Å². The largest absolute Gasteiger partial charge is 0.322 e. The predicted octanol–water partition coefficient (Wildman–Crippen LogP) is 4.82. The number of fused-ring (bicyclic) bond motifs is 1.